The van der Waals surface area contributed by atoms with Gasteiger partial charge in [0, 0.05) is 42.0 Å². The Morgan fingerprint density at radius 2 is 1.75 bits per heavy atom. The summed E-state index contributed by atoms with van der Waals surface area (Å²) in [6.45, 7) is 1.80. The molecule has 2 aromatic heterocycles. The number of pyridine rings is 1. The Labute approximate surface area is 225 Å². The summed E-state index contributed by atoms with van der Waals surface area (Å²) in [6, 6.07) is 12.8. The number of benzene rings is 3. The van der Waals surface area contributed by atoms with Crippen molar-refractivity contribution in [3.05, 3.63) is 111 Å². The average Bonchev–Trinajstić information content (AvgIpc) is 3.38. The predicted octanol–water partition coefficient (Wildman–Crippen LogP) is 5.56. The van der Waals surface area contributed by atoms with Crippen LogP contribution in [-0.2, 0) is 10.0 Å². The minimum absolute atomic E-state index is 0.0338. The van der Waals surface area contributed by atoms with Crippen LogP contribution < -0.4 is 15.6 Å². The van der Waals surface area contributed by atoms with Crippen LogP contribution in [0.15, 0.2) is 82.7 Å². The molecule has 0 fully saturated rings. The van der Waals surface area contributed by atoms with Gasteiger partial charge in [0.05, 0.1) is 9.82 Å². The molecule has 5 rings (SSSR count). The van der Waals surface area contributed by atoms with Crippen molar-refractivity contribution in [2.45, 2.75) is 11.8 Å². The smallest absolute Gasteiger partial charge is 0.335 e. The number of nitro groups is 1. The normalized spacial score (nSPS) is 11.5. The first-order valence-corrected chi connectivity index (χ1v) is 13.1. The van der Waals surface area contributed by atoms with Gasteiger partial charge in [-0.1, -0.05) is 17.7 Å². The lowest BCUT2D eigenvalue weighted by molar-refractivity contribution is -0.384. The monoisotopic (exact) mass is 566 g/mol. The summed E-state index contributed by atoms with van der Waals surface area (Å²) in [5.41, 5.74) is -0.448. The van der Waals surface area contributed by atoms with Gasteiger partial charge in [-0.2, -0.15) is 0 Å². The fourth-order valence-electron chi connectivity index (χ4n) is 4.32. The van der Waals surface area contributed by atoms with Crippen LogP contribution in [0.4, 0.5) is 20.2 Å². The quantitative estimate of drug-likeness (QED) is 0.194. The average molecular weight is 567 g/mol. The van der Waals surface area contributed by atoms with Crippen molar-refractivity contribution in [1.29, 1.82) is 0 Å². The SMILES string of the molecule is CNc1ccc(-c2c[nH]c(=O)c3c2ccn3S(=O)(=O)c2ccc(C)cc2)c(Oc2ccc(F)cc2F)c1[N+](=O)[O-]. The molecule has 0 aliphatic heterocycles. The second kappa shape index (κ2) is 9.93. The number of H-pyrrole nitrogens is 1. The Morgan fingerprint density at radius 1 is 1.02 bits per heavy atom. The first-order chi connectivity index (χ1) is 19.0. The molecule has 0 aliphatic carbocycles. The van der Waals surface area contributed by atoms with E-state index in [0.29, 0.717) is 6.07 Å². The molecule has 2 N–H and O–H groups in total. The lowest BCUT2D eigenvalue weighted by Gasteiger charge is -2.15. The molecule has 0 unspecified atom stereocenters. The second-order valence-corrected chi connectivity index (χ2v) is 10.6. The van der Waals surface area contributed by atoms with Crippen LogP contribution in [0.5, 0.6) is 11.5 Å². The highest BCUT2D eigenvalue weighted by atomic mass is 32.2. The van der Waals surface area contributed by atoms with E-state index in [1.807, 2.05) is 0 Å². The number of nitrogens with zero attached hydrogens (tertiary/aromatic N) is 2. The third-order valence-electron chi connectivity index (χ3n) is 6.26. The number of nitrogens with one attached hydrogen (secondary N) is 2. The first kappa shape index (κ1) is 26.6. The van der Waals surface area contributed by atoms with Crippen molar-refractivity contribution in [3.63, 3.8) is 0 Å². The van der Waals surface area contributed by atoms with Crippen molar-refractivity contribution < 1.29 is 26.9 Å². The zero-order chi connectivity index (χ0) is 28.8. The molecule has 2 heterocycles. The van der Waals surface area contributed by atoms with Crippen LogP contribution >= 0.6 is 0 Å². The van der Waals surface area contributed by atoms with Crippen molar-refractivity contribution >= 4 is 32.3 Å². The number of aromatic amines is 1. The molecule has 0 atom stereocenters. The standard InChI is InChI=1S/C27H20F2N4O6S/c1-15-3-6-17(7-4-15)40(37,38)32-12-11-18-20(14-31-27(34)24(18)32)19-8-9-22(30-2)25(33(35)36)26(19)39-23-10-5-16(28)13-21(23)29/h3-14,30H,1-2H3,(H,31,34). The number of hydrogen-bond donors (Lipinski definition) is 2. The minimum Gasteiger partial charge on any atom is -0.446 e. The maximum atomic E-state index is 14.5. The van der Waals surface area contributed by atoms with Gasteiger partial charge in [0.2, 0.25) is 5.75 Å². The molecule has 0 amide bonds. The van der Waals surface area contributed by atoms with Gasteiger partial charge in [0.15, 0.2) is 11.6 Å². The number of hydrogen-bond acceptors (Lipinski definition) is 7. The lowest BCUT2D eigenvalue weighted by atomic mass is 10.0. The van der Waals surface area contributed by atoms with Crippen molar-refractivity contribution in [3.8, 4) is 22.6 Å². The summed E-state index contributed by atoms with van der Waals surface area (Å²) in [6.07, 6.45) is 2.45. The number of anilines is 1. The van der Waals surface area contributed by atoms with Crippen LogP contribution in [0.25, 0.3) is 22.0 Å². The summed E-state index contributed by atoms with van der Waals surface area (Å²) in [5, 5.41) is 15.0. The van der Waals surface area contributed by atoms with E-state index in [1.54, 1.807) is 19.1 Å². The van der Waals surface area contributed by atoms with E-state index in [0.717, 1.165) is 21.7 Å². The zero-order valence-electron chi connectivity index (χ0n) is 20.9. The third-order valence-corrected chi connectivity index (χ3v) is 7.95. The number of nitro benzene ring substituents is 1. The van der Waals surface area contributed by atoms with Gasteiger partial charge >= 0.3 is 5.69 Å². The molecule has 5 aromatic rings. The van der Waals surface area contributed by atoms with E-state index < -0.39 is 49.3 Å². The molecule has 13 heteroatoms. The van der Waals surface area contributed by atoms with Gasteiger partial charge in [-0.3, -0.25) is 14.9 Å². The highest BCUT2D eigenvalue weighted by molar-refractivity contribution is 7.90. The topological polar surface area (TPSA) is 136 Å². The molecule has 0 saturated carbocycles. The van der Waals surface area contributed by atoms with Gasteiger partial charge in [-0.15, -0.1) is 0 Å². The minimum atomic E-state index is -4.20. The summed E-state index contributed by atoms with van der Waals surface area (Å²) in [4.78, 5) is 26.8. The van der Waals surface area contributed by atoms with Crippen LogP contribution in [0.1, 0.15) is 5.56 Å². The Kier molecular flexibility index (Phi) is 6.59. The van der Waals surface area contributed by atoms with Crippen LogP contribution in [0, 0.1) is 28.7 Å². The fourth-order valence-corrected chi connectivity index (χ4v) is 5.67. The highest BCUT2D eigenvalue weighted by Crippen LogP contribution is 2.46. The van der Waals surface area contributed by atoms with E-state index >= 15 is 0 Å². The van der Waals surface area contributed by atoms with Crippen LogP contribution in [0.2, 0.25) is 0 Å². The number of rotatable bonds is 7. The van der Waals surface area contributed by atoms with Gasteiger partial charge in [0.25, 0.3) is 15.6 Å². The Hall–Kier alpha value is -5.04. The van der Waals surface area contributed by atoms with Gasteiger partial charge in [-0.05, 0) is 49.4 Å². The van der Waals surface area contributed by atoms with Gasteiger partial charge in [0.1, 0.15) is 17.0 Å². The molecule has 10 nitrogen and oxygen atoms in total. The molecular weight excluding hydrogens is 546 g/mol. The van der Waals surface area contributed by atoms with Crippen LogP contribution in [-0.4, -0.2) is 29.3 Å². The molecule has 0 aliphatic rings. The Morgan fingerprint density at radius 3 is 2.40 bits per heavy atom. The fraction of sp³-hybridized carbons (Fsp3) is 0.0741. The predicted molar refractivity (Wildman–Crippen MR) is 144 cm³/mol. The number of halogens is 2. The van der Waals surface area contributed by atoms with Crippen molar-refractivity contribution in [2.75, 3.05) is 12.4 Å². The lowest BCUT2D eigenvalue weighted by Crippen LogP contribution is -2.17. The molecule has 40 heavy (non-hydrogen) atoms. The number of ether oxygens (including phenoxy) is 1. The summed E-state index contributed by atoms with van der Waals surface area (Å²) < 4.78 is 61.4. The summed E-state index contributed by atoms with van der Waals surface area (Å²) in [7, 11) is -2.76. The van der Waals surface area contributed by atoms with E-state index in [9.17, 15) is 32.1 Å². The maximum Gasteiger partial charge on any atom is 0.335 e. The Balaban J connectivity index is 1.78. The van der Waals surface area contributed by atoms with E-state index in [2.05, 4.69) is 10.3 Å². The van der Waals surface area contributed by atoms with Gasteiger partial charge in [-0.25, -0.2) is 21.2 Å². The van der Waals surface area contributed by atoms with Gasteiger partial charge < -0.3 is 15.0 Å². The van der Waals surface area contributed by atoms with E-state index in [1.165, 1.54) is 49.8 Å². The zero-order valence-corrected chi connectivity index (χ0v) is 21.8. The summed E-state index contributed by atoms with van der Waals surface area (Å²) >= 11 is 0. The van der Waals surface area contributed by atoms with E-state index in [-0.39, 0.29) is 32.6 Å². The number of fused-ring (bicyclic) bond motifs is 1. The molecule has 3 aromatic carbocycles. The molecule has 0 saturated heterocycles. The third kappa shape index (κ3) is 4.45. The Bertz CT molecular complexity index is 1970. The number of aryl methyl sites for hydroxylation is 1. The molecule has 204 valence electrons. The number of aromatic nitrogens is 2. The largest absolute Gasteiger partial charge is 0.446 e. The highest BCUT2D eigenvalue weighted by Gasteiger charge is 2.29. The first-order valence-electron chi connectivity index (χ1n) is 11.7. The van der Waals surface area contributed by atoms with E-state index in [4.69, 9.17) is 4.74 Å². The van der Waals surface area contributed by atoms with Crippen molar-refractivity contribution in [2.24, 2.45) is 0 Å². The maximum absolute atomic E-state index is 14.5. The second-order valence-electron chi connectivity index (χ2n) is 8.75. The van der Waals surface area contributed by atoms with Crippen LogP contribution in [0.3, 0.4) is 0 Å². The van der Waals surface area contributed by atoms with Crippen molar-refractivity contribution in [1.82, 2.24) is 8.96 Å². The molecule has 0 spiro atoms. The summed E-state index contributed by atoms with van der Waals surface area (Å²) in [5.74, 6) is -2.87. The molecular formula is C27H20F2N4O6S. The molecule has 0 bridgehead atoms. The molecule has 0 radical (unpaired) electrons.